The van der Waals surface area contributed by atoms with Crippen LogP contribution in [0, 0.1) is 0 Å². The van der Waals surface area contributed by atoms with Crippen molar-refractivity contribution in [1.82, 2.24) is 0 Å². The van der Waals surface area contributed by atoms with Gasteiger partial charge in [-0.1, -0.05) is 117 Å². The van der Waals surface area contributed by atoms with Gasteiger partial charge < -0.3 is 14.2 Å². The van der Waals surface area contributed by atoms with E-state index in [2.05, 4.69) is 13.8 Å². The zero-order valence-electron chi connectivity index (χ0n) is 20.2. The first-order valence-corrected chi connectivity index (χ1v) is 13.1. The van der Waals surface area contributed by atoms with E-state index < -0.39 is 0 Å². The lowest BCUT2D eigenvalue weighted by Crippen LogP contribution is -2.10. The Hall–Kier alpha value is -0.120. The lowest BCUT2D eigenvalue weighted by atomic mass is 10.1. The second-order valence-electron chi connectivity index (χ2n) is 8.49. The predicted octanol–water partition coefficient (Wildman–Crippen LogP) is 8.10. The van der Waals surface area contributed by atoms with Crippen LogP contribution in [0.15, 0.2) is 0 Å². The Kier molecular flexibility index (Phi) is 27.8. The second kappa shape index (κ2) is 27.9. The largest absolute Gasteiger partial charge is 0.379 e. The van der Waals surface area contributed by atoms with Gasteiger partial charge in [-0.3, -0.25) is 0 Å². The number of hydrogen-bond acceptors (Lipinski definition) is 3. The quantitative estimate of drug-likeness (QED) is 0.134. The first-order chi connectivity index (χ1) is 14.4. The molecule has 0 saturated carbocycles. The summed E-state index contributed by atoms with van der Waals surface area (Å²) in [6.07, 6.45) is 24.5. The SMILES string of the molecule is CCCCCCCCCCCCOCCOCCOCCCCCCCCCC. The van der Waals surface area contributed by atoms with Crippen LogP contribution in [0.25, 0.3) is 0 Å². The number of unbranched alkanes of at least 4 members (excludes halogenated alkanes) is 16. The van der Waals surface area contributed by atoms with Crippen LogP contribution in [0.1, 0.15) is 129 Å². The van der Waals surface area contributed by atoms with Crippen LogP contribution in [0.5, 0.6) is 0 Å². The highest BCUT2D eigenvalue weighted by Crippen LogP contribution is 2.10. The third-order valence-corrected chi connectivity index (χ3v) is 5.53. The van der Waals surface area contributed by atoms with Gasteiger partial charge in [0, 0.05) is 13.2 Å². The number of hydrogen-bond donors (Lipinski definition) is 0. The topological polar surface area (TPSA) is 27.7 Å². The molecule has 0 aromatic carbocycles. The van der Waals surface area contributed by atoms with Crippen LogP contribution >= 0.6 is 0 Å². The molecule has 0 bridgehead atoms. The molecule has 0 radical (unpaired) electrons. The summed E-state index contributed by atoms with van der Waals surface area (Å²) < 4.78 is 16.8. The first kappa shape index (κ1) is 28.9. The van der Waals surface area contributed by atoms with Gasteiger partial charge in [-0.2, -0.15) is 0 Å². The highest BCUT2D eigenvalue weighted by atomic mass is 16.5. The third-order valence-electron chi connectivity index (χ3n) is 5.53. The number of ether oxygens (including phenoxy) is 3. The molecule has 29 heavy (non-hydrogen) atoms. The maximum absolute atomic E-state index is 5.65. The highest BCUT2D eigenvalue weighted by Gasteiger charge is 1.95. The summed E-state index contributed by atoms with van der Waals surface area (Å²) in [4.78, 5) is 0. The van der Waals surface area contributed by atoms with Crippen LogP contribution in [0.4, 0.5) is 0 Å². The molecule has 0 aliphatic rings. The van der Waals surface area contributed by atoms with E-state index >= 15 is 0 Å². The molecule has 0 amide bonds. The fourth-order valence-electron chi connectivity index (χ4n) is 3.57. The Morgan fingerprint density at radius 3 is 0.828 bits per heavy atom. The summed E-state index contributed by atoms with van der Waals surface area (Å²) in [6, 6.07) is 0. The predicted molar refractivity (Wildman–Crippen MR) is 127 cm³/mol. The Morgan fingerprint density at radius 1 is 0.276 bits per heavy atom. The van der Waals surface area contributed by atoms with Crippen molar-refractivity contribution in [2.75, 3.05) is 39.6 Å². The maximum Gasteiger partial charge on any atom is 0.0701 e. The molecule has 0 rings (SSSR count). The molecule has 0 aromatic rings. The van der Waals surface area contributed by atoms with Crippen molar-refractivity contribution in [3.63, 3.8) is 0 Å². The second-order valence-corrected chi connectivity index (χ2v) is 8.49. The van der Waals surface area contributed by atoms with Gasteiger partial charge in [0.05, 0.1) is 26.4 Å². The maximum atomic E-state index is 5.65. The standard InChI is InChI=1S/C26H54O3/c1-3-5-7-9-11-13-14-16-18-20-22-28-24-26-29-25-23-27-21-19-17-15-12-10-8-6-4-2/h3-26H2,1-2H3. The molecule has 0 fully saturated rings. The van der Waals surface area contributed by atoms with Crippen LogP contribution in [0.3, 0.4) is 0 Å². The van der Waals surface area contributed by atoms with E-state index in [4.69, 9.17) is 14.2 Å². The molecular weight excluding hydrogens is 360 g/mol. The minimum Gasteiger partial charge on any atom is -0.379 e. The van der Waals surface area contributed by atoms with Crippen LogP contribution in [-0.2, 0) is 14.2 Å². The molecule has 0 N–H and O–H groups in total. The summed E-state index contributed by atoms with van der Waals surface area (Å²) >= 11 is 0. The van der Waals surface area contributed by atoms with E-state index in [1.165, 1.54) is 116 Å². The first-order valence-electron chi connectivity index (χ1n) is 13.1. The van der Waals surface area contributed by atoms with Crippen LogP contribution in [0.2, 0.25) is 0 Å². The normalized spacial score (nSPS) is 11.4. The Labute approximate surface area is 183 Å². The summed E-state index contributed by atoms with van der Waals surface area (Å²) in [7, 11) is 0. The van der Waals surface area contributed by atoms with Crippen LogP contribution in [-0.4, -0.2) is 39.6 Å². The molecule has 0 aromatic heterocycles. The lowest BCUT2D eigenvalue weighted by molar-refractivity contribution is 0.0132. The minimum absolute atomic E-state index is 0.693. The Morgan fingerprint density at radius 2 is 0.517 bits per heavy atom. The average molecular weight is 415 g/mol. The molecule has 0 unspecified atom stereocenters. The van der Waals surface area contributed by atoms with E-state index in [9.17, 15) is 0 Å². The van der Waals surface area contributed by atoms with Crippen molar-refractivity contribution >= 4 is 0 Å². The van der Waals surface area contributed by atoms with Gasteiger partial charge in [0.15, 0.2) is 0 Å². The van der Waals surface area contributed by atoms with Gasteiger partial charge in [-0.15, -0.1) is 0 Å². The monoisotopic (exact) mass is 414 g/mol. The zero-order valence-corrected chi connectivity index (χ0v) is 20.2. The van der Waals surface area contributed by atoms with Gasteiger partial charge >= 0.3 is 0 Å². The van der Waals surface area contributed by atoms with Gasteiger partial charge in [0.1, 0.15) is 0 Å². The van der Waals surface area contributed by atoms with Crippen LogP contribution < -0.4 is 0 Å². The third kappa shape index (κ3) is 27.9. The van der Waals surface area contributed by atoms with E-state index in [0.29, 0.717) is 13.2 Å². The molecule has 176 valence electrons. The van der Waals surface area contributed by atoms with E-state index in [0.717, 1.165) is 26.4 Å². The lowest BCUT2D eigenvalue weighted by Gasteiger charge is -2.07. The molecular formula is C26H54O3. The molecule has 0 aliphatic heterocycles. The Balaban J connectivity index is 2.97. The summed E-state index contributed by atoms with van der Waals surface area (Å²) in [5.74, 6) is 0. The zero-order chi connectivity index (χ0) is 21.1. The fraction of sp³-hybridized carbons (Fsp3) is 1.00. The molecule has 0 saturated heterocycles. The van der Waals surface area contributed by atoms with Gasteiger partial charge in [0.2, 0.25) is 0 Å². The number of rotatable bonds is 26. The van der Waals surface area contributed by atoms with Gasteiger partial charge in [0.25, 0.3) is 0 Å². The van der Waals surface area contributed by atoms with E-state index in [-0.39, 0.29) is 0 Å². The summed E-state index contributed by atoms with van der Waals surface area (Å²) in [5, 5.41) is 0. The highest BCUT2D eigenvalue weighted by molar-refractivity contribution is 4.48. The van der Waals surface area contributed by atoms with Crippen molar-refractivity contribution < 1.29 is 14.2 Å². The van der Waals surface area contributed by atoms with Crippen molar-refractivity contribution in [1.29, 1.82) is 0 Å². The van der Waals surface area contributed by atoms with Crippen molar-refractivity contribution in [2.45, 2.75) is 129 Å². The smallest absolute Gasteiger partial charge is 0.0701 e. The van der Waals surface area contributed by atoms with Gasteiger partial charge in [-0.25, -0.2) is 0 Å². The van der Waals surface area contributed by atoms with Gasteiger partial charge in [-0.05, 0) is 12.8 Å². The summed E-state index contributed by atoms with van der Waals surface area (Å²) in [5.41, 5.74) is 0. The molecule has 0 atom stereocenters. The van der Waals surface area contributed by atoms with Crippen molar-refractivity contribution in [3.05, 3.63) is 0 Å². The van der Waals surface area contributed by atoms with E-state index in [1.807, 2.05) is 0 Å². The molecule has 3 heteroatoms. The summed E-state index contributed by atoms with van der Waals surface area (Å²) in [6.45, 7) is 9.14. The average Bonchev–Trinajstić information content (AvgIpc) is 2.74. The molecule has 0 spiro atoms. The molecule has 0 aliphatic carbocycles. The van der Waals surface area contributed by atoms with Crippen molar-refractivity contribution in [2.24, 2.45) is 0 Å². The Bertz CT molecular complexity index is 245. The molecule has 3 nitrogen and oxygen atoms in total. The minimum atomic E-state index is 0.693. The van der Waals surface area contributed by atoms with E-state index in [1.54, 1.807) is 0 Å². The van der Waals surface area contributed by atoms with Crippen molar-refractivity contribution in [3.8, 4) is 0 Å². The fourth-order valence-corrected chi connectivity index (χ4v) is 3.57. The molecule has 0 heterocycles.